The molecule has 2 aromatic carbocycles. The lowest BCUT2D eigenvalue weighted by molar-refractivity contribution is 0.0697. The predicted molar refractivity (Wildman–Crippen MR) is 88.8 cm³/mol. The van der Waals surface area contributed by atoms with E-state index in [2.05, 4.69) is 4.72 Å². The topological polar surface area (TPSA) is 102 Å². The number of hydrogen-bond acceptors (Lipinski definition) is 5. The monoisotopic (exact) mass is 371 g/mol. The van der Waals surface area contributed by atoms with E-state index in [9.17, 15) is 13.2 Å². The number of nitrogens with one attached hydrogen (secondary N) is 1. The molecule has 7 nitrogen and oxygen atoms in total. The van der Waals surface area contributed by atoms with Crippen LogP contribution < -0.4 is 14.2 Å². The van der Waals surface area contributed by atoms with E-state index < -0.39 is 16.0 Å². The second kappa shape index (κ2) is 6.98. The van der Waals surface area contributed by atoms with Crippen LogP contribution in [0.2, 0.25) is 5.02 Å². The number of anilines is 1. The van der Waals surface area contributed by atoms with Gasteiger partial charge in [-0.2, -0.15) is 0 Å². The number of carboxylic acid groups (broad SMARTS) is 1. The Bertz CT molecular complexity index is 882. The third kappa shape index (κ3) is 3.72. The van der Waals surface area contributed by atoms with Crippen LogP contribution in [0, 0.1) is 0 Å². The first-order valence-corrected chi connectivity index (χ1v) is 8.42. The van der Waals surface area contributed by atoms with Gasteiger partial charge in [-0.25, -0.2) is 13.2 Å². The number of hydrogen-bond donors (Lipinski definition) is 2. The Labute approximate surface area is 143 Å². The van der Waals surface area contributed by atoms with E-state index in [0.717, 1.165) is 6.07 Å². The van der Waals surface area contributed by atoms with Gasteiger partial charge in [0, 0.05) is 6.07 Å². The van der Waals surface area contributed by atoms with Crippen molar-refractivity contribution in [3.8, 4) is 11.5 Å². The summed E-state index contributed by atoms with van der Waals surface area (Å²) in [5.41, 5.74) is -0.0636. The fourth-order valence-corrected chi connectivity index (χ4v) is 3.22. The van der Waals surface area contributed by atoms with Crippen LogP contribution in [0.15, 0.2) is 41.3 Å². The molecule has 0 aromatic heterocycles. The molecule has 0 aliphatic heterocycles. The Kier molecular flexibility index (Phi) is 5.20. The second-order valence-electron chi connectivity index (χ2n) is 4.62. The molecule has 0 radical (unpaired) electrons. The highest BCUT2D eigenvalue weighted by Crippen LogP contribution is 2.31. The van der Waals surface area contributed by atoms with Crippen LogP contribution >= 0.6 is 11.6 Å². The number of methoxy groups -OCH3 is 2. The van der Waals surface area contributed by atoms with E-state index in [1.807, 2.05) is 0 Å². The van der Waals surface area contributed by atoms with Gasteiger partial charge in [0.1, 0.15) is 0 Å². The van der Waals surface area contributed by atoms with E-state index in [1.165, 1.54) is 38.5 Å². The average Bonchev–Trinajstić information content (AvgIpc) is 2.54. The number of halogens is 1. The van der Waals surface area contributed by atoms with Crippen molar-refractivity contribution in [1.29, 1.82) is 0 Å². The van der Waals surface area contributed by atoms with Crippen molar-refractivity contribution in [2.45, 2.75) is 4.90 Å². The molecule has 0 fully saturated rings. The standard InChI is InChI=1S/C15H14ClNO6S/c1-22-13-6-3-9(7-14(13)23-2)17-24(20,21)10-4-5-12(16)11(8-10)15(18)19/h3-8,17H,1-2H3,(H,18,19). The molecular formula is C15H14ClNO6S. The predicted octanol–water partition coefficient (Wildman–Crippen LogP) is 2.86. The Morgan fingerprint density at radius 3 is 2.33 bits per heavy atom. The van der Waals surface area contributed by atoms with Crippen molar-refractivity contribution in [3.63, 3.8) is 0 Å². The molecule has 0 saturated carbocycles. The zero-order valence-corrected chi connectivity index (χ0v) is 14.3. The minimum absolute atomic E-state index is 0.0485. The number of benzene rings is 2. The molecule has 0 aliphatic carbocycles. The molecular weight excluding hydrogens is 358 g/mol. The molecule has 24 heavy (non-hydrogen) atoms. The lowest BCUT2D eigenvalue weighted by Gasteiger charge is -2.12. The van der Waals surface area contributed by atoms with E-state index in [4.69, 9.17) is 26.2 Å². The van der Waals surface area contributed by atoms with Crippen molar-refractivity contribution < 1.29 is 27.8 Å². The van der Waals surface area contributed by atoms with Gasteiger partial charge in [0.2, 0.25) is 0 Å². The molecule has 128 valence electrons. The summed E-state index contributed by atoms with van der Waals surface area (Å²) in [4.78, 5) is 10.9. The fraction of sp³-hybridized carbons (Fsp3) is 0.133. The summed E-state index contributed by atoms with van der Waals surface area (Å²) in [6.45, 7) is 0. The number of carboxylic acids is 1. The van der Waals surface area contributed by atoms with Gasteiger partial charge in [-0.15, -0.1) is 0 Å². The molecule has 0 amide bonds. The van der Waals surface area contributed by atoms with Crippen LogP contribution in [0.4, 0.5) is 5.69 Å². The molecule has 9 heteroatoms. The normalized spacial score (nSPS) is 11.0. The summed E-state index contributed by atoms with van der Waals surface area (Å²) in [7, 11) is -1.11. The van der Waals surface area contributed by atoms with Crippen LogP contribution in [0.3, 0.4) is 0 Å². The SMILES string of the molecule is COc1ccc(NS(=O)(=O)c2ccc(Cl)c(C(=O)O)c2)cc1OC. The number of rotatable bonds is 6. The first kappa shape index (κ1) is 17.9. The third-order valence-electron chi connectivity index (χ3n) is 3.11. The molecule has 0 saturated heterocycles. The van der Waals surface area contributed by atoms with Crippen LogP contribution in [0.1, 0.15) is 10.4 Å². The van der Waals surface area contributed by atoms with Crippen molar-refractivity contribution in [1.82, 2.24) is 0 Å². The minimum atomic E-state index is -4.00. The van der Waals surface area contributed by atoms with Gasteiger partial charge in [0.15, 0.2) is 11.5 Å². The molecule has 0 bridgehead atoms. The van der Waals surface area contributed by atoms with Crippen LogP contribution in [-0.2, 0) is 10.0 Å². The average molecular weight is 372 g/mol. The van der Waals surface area contributed by atoms with Crippen molar-refractivity contribution in [2.24, 2.45) is 0 Å². The molecule has 2 rings (SSSR count). The van der Waals surface area contributed by atoms with Gasteiger partial charge in [-0.3, -0.25) is 4.72 Å². The molecule has 0 heterocycles. The maximum Gasteiger partial charge on any atom is 0.337 e. The Hall–Kier alpha value is -2.45. The van der Waals surface area contributed by atoms with E-state index in [-0.39, 0.29) is 21.2 Å². The van der Waals surface area contributed by atoms with Crippen molar-refractivity contribution >= 4 is 33.3 Å². The summed E-state index contributed by atoms with van der Waals surface area (Å²) in [5.74, 6) is -0.525. The van der Waals surface area contributed by atoms with E-state index in [0.29, 0.717) is 11.5 Å². The second-order valence-corrected chi connectivity index (χ2v) is 6.71. The molecule has 0 aliphatic rings. The summed E-state index contributed by atoms with van der Waals surface area (Å²) in [5, 5.41) is 8.99. The van der Waals surface area contributed by atoms with E-state index >= 15 is 0 Å². The Morgan fingerprint density at radius 1 is 1.08 bits per heavy atom. The highest BCUT2D eigenvalue weighted by Gasteiger charge is 2.19. The lowest BCUT2D eigenvalue weighted by atomic mass is 10.2. The highest BCUT2D eigenvalue weighted by atomic mass is 35.5. The molecule has 0 spiro atoms. The number of aromatic carboxylic acids is 1. The molecule has 0 unspecified atom stereocenters. The van der Waals surface area contributed by atoms with Crippen molar-refractivity contribution in [2.75, 3.05) is 18.9 Å². The molecule has 2 N–H and O–H groups in total. The van der Waals surface area contributed by atoms with Gasteiger partial charge < -0.3 is 14.6 Å². The highest BCUT2D eigenvalue weighted by molar-refractivity contribution is 7.92. The van der Waals surface area contributed by atoms with Crippen molar-refractivity contribution in [3.05, 3.63) is 47.0 Å². The fourth-order valence-electron chi connectivity index (χ4n) is 1.95. The maximum atomic E-state index is 12.4. The Balaban J connectivity index is 2.39. The summed E-state index contributed by atoms with van der Waals surface area (Å²) in [6.07, 6.45) is 0. The quantitative estimate of drug-likeness (QED) is 0.809. The zero-order chi connectivity index (χ0) is 17.9. The number of carbonyl (C=O) groups is 1. The first-order valence-electron chi connectivity index (χ1n) is 6.56. The van der Waals surface area contributed by atoms with E-state index in [1.54, 1.807) is 6.07 Å². The number of sulfonamides is 1. The minimum Gasteiger partial charge on any atom is -0.493 e. The smallest absolute Gasteiger partial charge is 0.337 e. The maximum absolute atomic E-state index is 12.4. The first-order chi connectivity index (χ1) is 11.3. The van der Waals surface area contributed by atoms with Gasteiger partial charge in [0.05, 0.1) is 35.4 Å². The summed E-state index contributed by atoms with van der Waals surface area (Å²) >= 11 is 5.75. The zero-order valence-electron chi connectivity index (χ0n) is 12.7. The van der Waals surface area contributed by atoms with Gasteiger partial charge >= 0.3 is 5.97 Å². The lowest BCUT2D eigenvalue weighted by Crippen LogP contribution is -2.14. The van der Waals surface area contributed by atoms with Crippen LogP contribution in [0.5, 0.6) is 11.5 Å². The van der Waals surface area contributed by atoms with Crippen LogP contribution in [0.25, 0.3) is 0 Å². The Morgan fingerprint density at radius 2 is 1.75 bits per heavy atom. The van der Waals surface area contributed by atoms with Gasteiger partial charge in [-0.1, -0.05) is 11.6 Å². The summed E-state index contributed by atoms with van der Waals surface area (Å²) in [6, 6.07) is 7.92. The molecule has 0 atom stereocenters. The molecule has 2 aromatic rings. The van der Waals surface area contributed by atoms with Crippen LogP contribution in [-0.4, -0.2) is 33.7 Å². The summed E-state index contributed by atoms with van der Waals surface area (Å²) < 4.78 is 37.4. The van der Waals surface area contributed by atoms with Gasteiger partial charge in [0.25, 0.3) is 10.0 Å². The van der Waals surface area contributed by atoms with Gasteiger partial charge in [-0.05, 0) is 30.3 Å². The third-order valence-corrected chi connectivity index (χ3v) is 4.82. The largest absolute Gasteiger partial charge is 0.493 e. The number of ether oxygens (including phenoxy) is 2.